The number of hydrogen-bond acceptors (Lipinski definition) is 2. The van der Waals surface area contributed by atoms with Crippen LogP contribution in [0, 0.1) is 11.8 Å². The van der Waals surface area contributed by atoms with E-state index >= 15 is 0 Å². The van der Waals surface area contributed by atoms with E-state index in [0.29, 0.717) is 6.04 Å². The predicted molar refractivity (Wildman–Crippen MR) is 81.7 cm³/mol. The minimum absolute atomic E-state index is 0.0507. The average Bonchev–Trinajstić information content (AvgIpc) is 2.27. The molecule has 0 N–H and O–H groups in total. The van der Waals surface area contributed by atoms with Crippen molar-refractivity contribution in [1.29, 1.82) is 0 Å². The van der Waals surface area contributed by atoms with Crippen molar-refractivity contribution in [3.05, 3.63) is 0 Å². The first-order valence-electron chi connectivity index (χ1n) is 7.85. The molecule has 1 saturated heterocycles. The summed E-state index contributed by atoms with van der Waals surface area (Å²) in [6.07, 6.45) is 4.89. The first kappa shape index (κ1) is 15.4. The number of hydrogen-bond donors (Lipinski definition) is 0. The molecule has 0 aromatic heterocycles. The molecule has 0 aromatic rings. The second-order valence-corrected chi connectivity index (χ2v) is 7.63. The van der Waals surface area contributed by atoms with E-state index in [9.17, 15) is 0 Å². The standard InChI is InChI=1S/C16H30BNO/c1-12(2)18-9-7-13-10-15(3,17)8-6-14(13)16(18,4)11-19-5/h12-14H,6-11H2,1-5H3. The predicted octanol–water partition coefficient (Wildman–Crippen LogP) is 3.27. The zero-order valence-electron chi connectivity index (χ0n) is 13.4. The summed E-state index contributed by atoms with van der Waals surface area (Å²) in [5.41, 5.74) is 0.183. The smallest absolute Gasteiger partial charge is 0.0742 e. The van der Waals surface area contributed by atoms with Crippen LogP contribution in [0.5, 0.6) is 0 Å². The van der Waals surface area contributed by atoms with Gasteiger partial charge in [0.15, 0.2) is 0 Å². The first-order valence-corrected chi connectivity index (χ1v) is 7.85. The van der Waals surface area contributed by atoms with Gasteiger partial charge in [-0.05, 0) is 52.0 Å². The van der Waals surface area contributed by atoms with E-state index in [1.54, 1.807) is 0 Å². The third kappa shape index (κ3) is 2.87. The molecule has 0 aromatic carbocycles. The van der Waals surface area contributed by atoms with Gasteiger partial charge in [-0.15, -0.1) is 0 Å². The maximum atomic E-state index is 6.40. The number of fused-ring (bicyclic) bond motifs is 1. The summed E-state index contributed by atoms with van der Waals surface area (Å²) in [7, 11) is 8.23. The Morgan fingerprint density at radius 2 is 2.00 bits per heavy atom. The lowest BCUT2D eigenvalue weighted by Crippen LogP contribution is -2.63. The summed E-state index contributed by atoms with van der Waals surface area (Å²) in [6.45, 7) is 11.3. The van der Waals surface area contributed by atoms with Crippen LogP contribution in [0.2, 0.25) is 5.31 Å². The number of likely N-dealkylation sites (tertiary alicyclic amines) is 1. The van der Waals surface area contributed by atoms with Gasteiger partial charge < -0.3 is 4.74 Å². The molecule has 108 valence electrons. The molecular formula is C16H30BNO. The Kier molecular flexibility index (Phi) is 4.37. The number of methoxy groups -OCH3 is 1. The van der Waals surface area contributed by atoms with E-state index < -0.39 is 0 Å². The Bertz CT molecular complexity index is 318. The van der Waals surface area contributed by atoms with E-state index in [1.807, 2.05) is 7.11 Å². The van der Waals surface area contributed by atoms with Crippen LogP contribution in [0.4, 0.5) is 0 Å². The number of ether oxygens (including phenoxy) is 1. The maximum Gasteiger partial charge on any atom is 0.0742 e. The minimum atomic E-state index is 0.0507. The van der Waals surface area contributed by atoms with Crippen molar-refractivity contribution >= 4 is 7.85 Å². The fraction of sp³-hybridized carbons (Fsp3) is 1.00. The van der Waals surface area contributed by atoms with Crippen molar-refractivity contribution in [2.75, 3.05) is 20.3 Å². The zero-order valence-corrected chi connectivity index (χ0v) is 13.4. The molecular weight excluding hydrogens is 233 g/mol. The Morgan fingerprint density at radius 1 is 1.32 bits per heavy atom. The van der Waals surface area contributed by atoms with E-state index in [2.05, 4.69) is 32.6 Å². The topological polar surface area (TPSA) is 12.5 Å². The van der Waals surface area contributed by atoms with Gasteiger partial charge in [0.1, 0.15) is 0 Å². The molecule has 3 heteroatoms. The Labute approximate surface area is 120 Å². The van der Waals surface area contributed by atoms with Crippen LogP contribution in [0.3, 0.4) is 0 Å². The van der Waals surface area contributed by atoms with Crippen LogP contribution in [0.25, 0.3) is 0 Å². The largest absolute Gasteiger partial charge is 0.383 e. The molecule has 2 radical (unpaired) electrons. The van der Waals surface area contributed by atoms with Crippen molar-refractivity contribution in [1.82, 2.24) is 4.90 Å². The van der Waals surface area contributed by atoms with Gasteiger partial charge in [0, 0.05) is 18.7 Å². The van der Waals surface area contributed by atoms with E-state index in [4.69, 9.17) is 12.6 Å². The quantitative estimate of drug-likeness (QED) is 0.725. The molecule has 1 aliphatic heterocycles. The number of rotatable bonds is 3. The normalized spacial score (nSPS) is 44.3. The van der Waals surface area contributed by atoms with Crippen molar-refractivity contribution in [3.63, 3.8) is 0 Å². The summed E-state index contributed by atoms with van der Waals surface area (Å²) < 4.78 is 5.59. The fourth-order valence-electron chi connectivity index (χ4n) is 4.79. The molecule has 0 amide bonds. The highest BCUT2D eigenvalue weighted by atomic mass is 16.5. The van der Waals surface area contributed by atoms with Crippen LogP contribution in [-0.4, -0.2) is 44.6 Å². The van der Waals surface area contributed by atoms with Crippen LogP contribution in [0.15, 0.2) is 0 Å². The molecule has 1 saturated carbocycles. The monoisotopic (exact) mass is 263 g/mol. The van der Waals surface area contributed by atoms with Crippen molar-refractivity contribution < 1.29 is 4.74 Å². The van der Waals surface area contributed by atoms with Crippen LogP contribution in [0.1, 0.15) is 53.4 Å². The zero-order chi connectivity index (χ0) is 14.3. The molecule has 19 heavy (non-hydrogen) atoms. The fourth-order valence-corrected chi connectivity index (χ4v) is 4.79. The highest BCUT2D eigenvalue weighted by Gasteiger charge is 2.50. The lowest BCUT2D eigenvalue weighted by molar-refractivity contribution is -0.100. The van der Waals surface area contributed by atoms with Gasteiger partial charge in [-0.1, -0.05) is 25.1 Å². The summed E-state index contributed by atoms with van der Waals surface area (Å²) in [5.74, 6) is 1.51. The third-order valence-electron chi connectivity index (χ3n) is 5.58. The lowest BCUT2D eigenvalue weighted by atomic mass is 9.52. The number of nitrogens with zero attached hydrogens (tertiary/aromatic N) is 1. The van der Waals surface area contributed by atoms with Crippen LogP contribution >= 0.6 is 0 Å². The molecule has 2 fully saturated rings. The molecule has 4 unspecified atom stereocenters. The second kappa shape index (κ2) is 5.40. The molecule has 2 rings (SSSR count). The average molecular weight is 263 g/mol. The Balaban J connectivity index is 2.23. The molecule has 1 heterocycles. The SMILES string of the molecule is [B]C1(C)CCC2C(CCN(C(C)C)C2(C)COC)C1. The van der Waals surface area contributed by atoms with Gasteiger partial charge in [-0.2, -0.15) is 0 Å². The van der Waals surface area contributed by atoms with Crippen molar-refractivity contribution in [2.45, 2.75) is 70.3 Å². The number of piperidine rings is 1. The Morgan fingerprint density at radius 3 is 2.58 bits per heavy atom. The Hall–Kier alpha value is -0.0151. The maximum absolute atomic E-state index is 6.40. The van der Waals surface area contributed by atoms with Gasteiger partial charge in [-0.25, -0.2) is 0 Å². The lowest BCUT2D eigenvalue weighted by Gasteiger charge is -2.58. The van der Waals surface area contributed by atoms with E-state index in [-0.39, 0.29) is 10.9 Å². The highest BCUT2D eigenvalue weighted by Crippen LogP contribution is 2.53. The summed E-state index contributed by atoms with van der Waals surface area (Å²) in [6, 6.07) is 0.590. The summed E-state index contributed by atoms with van der Waals surface area (Å²) >= 11 is 0. The molecule has 2 aliphatic rings. The van der Waals surface area contributed by atoms with Crippen LogP contribution < -0.4 is 0 Å². The molecule has 1 aliphatic carbocycles. The van der Waals surface area contributed by atoms with Crippen molar-refractivity contribution in [2.24, 2.45) is 11.8 Å². The third-order valence-corrected chi connectivity index (χ3v) is 5.58. The highest BCUT2D eigenvalue weighted by molar-refractivity contribution is 6.14. The van der Waals surface area contributed by atoms with E-state index in [0.717, 1.165) is 24.9 Å². The molecule has 0 bridgehead atoms. The van der Waals surface area contributed by atoms with E-state index in [1.165, 1.54) is 25.8 Å². The van der Waals surface area contributed by atoms with Crippen LogP contribution in [-0.2, 0) is 4.74 Å². The summed E-state index contributed by atoms with van der Waals surface area (Å²) in [5, 5.41) is 0.0507. The minimum Gasteiger partial charge on any atom is -0.383 e. The van der Waals surface area contributed by atoms with Gasteiger partial charge in [0.05, 0.1) is 14.5 Å². The van der Waals surface area contributed by atoms with Crippen molar-refractivity contribution in [3.8, 4) is 0 Å². The second-order valence-electron chi connectivity index (χ2n) is 7.63. The van der Waals surface area contributed by atoms with Gasteiger partial charge >= 0.3 is 0 Å². The van der Waals surface area contributed by atoms with Gasteiger partial charge in [0.2, 0.25) is 0 Å². The van der Waals surface area contributed by atoms with Gasteiger partial charge in [0.25, 0.3) is 0 Å². The molecule has 0 spiro atoms. The first-order chi connectivity index (χ1) is 8.80. The summed E-state index contributed by atoms with van der Waals surface area (Å²) in [4.78, 5) is 2.66. The van der Waals surface area contributed by atoms with Gasteiger partial charge in [-0.3, -0.25) is 4.90 Å². The molecule has 4 atom stereocenters. The molecule has 2 nitrogen and oxygen atoms in total.